The second-order valence-electron chi connectivity index (χ2n) is 4.19. The number of aromatic nitrogens is 4. The average Bonchev–Trinajstić information content (AvgIpc) is 2.79. The van der Waals surface area contributed by atoms with Crippen molar-refractivity contribution in [3.8, 4) is 0 Å². The Bertz CT molecular complexity index is 621. The third-order valence-corrected chi connectivity index (χ3v) is 3.46. The molecule has 19 heavy (non-hydrogen) atoms. The van der Waals surface area contributed by atoms with E-state index in [0.29, 0.717) is 34.4 Å². The topological polar surface area (TPSA) is 60.7 Å². The van der Waals surface area contributed by atoms with E-state index in [-0.39, 0.29) is 5.78 Å². The lowest BCUT2D eigenvalue weighted by atomic mass is 10.0. The highest BCUT2D eigenvalue weighted by Crippen LogP contribution is 2.21. The number of hydrogen-bond acceptors (Lipinski definition) is 4. The van der Waals surface area contributed by atoms with E-state index in [2.05, 4.69) is 31.2 Å². The Labute approximate surface area is 120 Å². The van der Waals surface area contributed by atoms with Crippen LogP contribution >= 0.6 is 15.9 Å². The zero-order valence-electron chi connectivity index (χ0n) is 11.1. The summed E-state index contributed by atoms with van der Waals surface area (Å²) < 4.78 is 2.39. The number of carbonyl (C=O) groups excluding carboxylic acids is 1. The minimum absolute atomic E-state index is 0.0684. The second-order valence-corrected chi connectivity index (χ2v) is 5.04. The minimum atomic E-state index is -0.0684. The van der Waals surface area contributed by atoms with Gasteiger partial charge in [0, 0.05) is 12.1 Å². The number of aryl methyl sites for hydroxylation is 3. The molecule has 0 fully saturated rings. The van der Waals surface area contributed by atoms with E-state index in [9.17, 15) is 4.79 Å². The van der Waals surface area contributed by atoms with Crippen LogP contribution < -0.4 is 0 Å². The van der Waals surface area contributed by atoms with Gasteiger partial charge in [0.15, 0.2) is 0 Å². The Hall–Kier alpha value is -1.56. The molecule has 2 aromatic rings. The maximum atomic E-state index is 12.7. The van der Waals surface area contributed by atoms with Gasteiger partial charge in [0.2, 0.25) is 5.78 Å². The van der Waals surface area contributed by atoms with Crippen LogP contribution in [0.5, 0.6) is 0 Å². The molecule has 2 rings (SSSR count). The molecule has 0 aliphatic carbocycles. The van der Waals surface area contributed by atoms with Gasteiger partial charge in [-0.2, -0.15) is 15.3 Å². The summed E-state index contributed by atoms with van der Waals surface area (Å²) in [5, 5.41) is 12.3. The van der Waals surface area contributed by atoms with Crippen molar-refractivity contribution < 1.29 is 4.79 Å². The molecule has 2 aromatic heterocycles. The first-order valence-corrected chi connectivity index (χ1v) is 6.97. The largest absolute Gasteiger partial charge is 0.287 e. The van der Waals surface area contributed by atoms with E-state index in [1.165, 1.54) is 0 Å². The van der Waals surface area contributed by atoms with Crippen molar-refractivity contribution in [1.29, 1.82) is 0 Å². The molecule has 0 spiro atoms. The summed E-state index contributed by atoms with van der Waals surface area (Å²) in [7, 11) is 0. The van der Waals surface area contributed by atoms with Crippen LogP contribution in [-0.4, -0.2) is 25.8 Å². The Morgan fingerprint density at radius 1 is 1.37 bits per heavy atom. The van der Waals surface area contributed by atoms with Gasteiger partial charge < -0.3 is 0 Å². The first kappa shape index (κ1) is 13.9. The van der Waals surface area contributed by atoms with E-state index in [0.717, 1.165) is 5.69 Å². The van der Waals surface area contributed by atoms with Crippen LogP contribution in [0.1, 0.15) is 41.3 Å². The van der Waals surface area contributed by atoms with Gasteiger partial charge in [0.1, 0.15) is 5.69 Å². The molecule has 0 saturated carbocycles. The van der Waals surface area contributed by atoms with Gasteiger partial charge in [-0.05, 0) is 42.3 Å². The van der Waals surface area contributed by atoms with Gasteiger partial charge in [-0.1, -0.05) is 6.92 Å². The van der Waals surface area contributed by atoms with Crippen molar-refractivity contribution in [3.63, 3.8) is 0 Å². The van der Waals surface area contributed by atoms with E-state index in [1.807, 2.05) is 20.8 Å². The van der Waals surface area contributed by atoms with E-state index in [4.69, 9.17) is 0 Å². The number of carbonyl (C=O) groups is 1. The molecule has 2 heterocycles. The van der Waals surface area contributed by atoms with E-state index < -0.39 is 0 Å². The molecular weight excluding hydrogens is 308 g/mol. The number of hydrogen-bond donors (Lipinski definition) is 0. The summed E-state index contributed by atoms with van der Waals surface area (Å²) in [6.45, 7) is 6.39. The smallest absolute Gasteiger partial charge is 0.214 e. The zero-order chi connectivity index (χ0) is 14.0. The van der Waals surface area contributed by atoms with Crippen LogP contribution in [0, 0.1) is 6.92 Å². The molecule has 5 nitrogen and oxygen atoms in total. The lowest BCUT2D eigenvalue weighted by molar-refractivity contribution is 0.102. The van der Waals surface area contributed by atoms with E-state index >= 15 is 0 Å². The Morgan fingerprint density at radius 3 is 2.74 bits per heavy atom. The molecule has 0 bridgehead atoms. The van der Waals surface area contributed by atoms with Crippen LogP contribution in [0.15, 0.2) is 16.7 Å². The third-order valence-electron chi connectivity index (χ3n) is 2.88. The first-order valence-electron chi connectivity index (χ1n) is 6.17. The summed E-state index contributed by atoms with van der Waals surface area (Å²) in [5.74, 6) is -0.0684. The molecule has 100 valence electrons. The van der Waals surface area contributed by atoms with Crippen molar-refractivity contribution in [2.24, 2.45) is 0 Å². The summed E-state index contributed by atoms with van der Waals surface area (Å²) in [6.07, 6.45) is 2.32. The average molecular weight is 323 g/mol. The monoisotopic (exact) mass is 322 g/mol. The van der Waals surface area contributed by atoms with Crippen molar-refractivity contribution in [1.82, 2.24) is 20.0 Å². The summed E-state index contributed by atoms with van der Waals surface area (Å²) in [6, 6.07) is 1.79. The molecule has 0 aliphatic rings. The number of halogens is 1. The quantitative estimate of drug-likeness (QED) is 0.812. The molecule has 0 atom stereocenters. The van der Waals surface area contributed by atoms with Gasteiger partial charge in [0.05, 0.1) is 22.1 Å². The normalized spacial score (nSPS) is 10.7. The molecule has 6 heteroatoms. The highest BCUT2D eigenvalue weighted by atomic mass is 79.9. The Morgan fingerprint density at radius 2 is 2.11 bits per heavy atom. The standard InChI is InChI=1S/C13H15BrN4O/c1-4-11-9(6-8(3)16-17-11)13(19)12-10(14)7-15-18(12)5-2/h6-7H,4-5H2,1-3H3. The molecule has 0 aliphatic heterocycles. The fourth-order valence-electron chi connectivity index (χ4n) is 1.93. The lowest BCUT2D eigenvalue weighted by Gasteiger charge is -2.08. The Kier molecular flexibility index (Phi) is 4.09. The highest BCUT2D eigenvalue weighted by molar-refractivity contribution is 9.10. The number of rotatable bonds is 4. The van der Waals surface area contributed by atoms with E-state index in [1.54, 1.807) is 16.9 Å². The molecule has 0 saturated heterocycles. The maximum Gasteiger partial charge on any atom is 0.214 e. The van der Waals surface area contributed by atoms with Gasteiger partial charge in [0.25, 0.3) is 0 Å². The molecule has 0 amide bonds. The summed E-state index contributed by atoms with van der Waals surface area (Å²) >= 11 is 3.38. The van der Waals surface area contributed by atoms with Gasteiger partial charge in [-0.3, -0.25) is 9.48 Å². The van der Waals surface area contributed by atoms with Crippen LogP contribution in [0.4, 0.5) is 0 Å². The fourth-order valence-corrected chi connectivity index (χ4v) is 2.40. The van der Waals surface area contributed by atoms with Crippen LogP contribution in [0.2, 0.25) is 0 Å². The van der Waals surface area contributed by atoms with Crippen LogP contribution in [0.25, 0.3) is 0 Å². The zero-order valence-corrected chi connectivity index (χ0v) is 12.7. The van der Waals surface area contributed by atoms with Crippen LogP contribution in [0.3, 0.4) is 0 Å². The predicted molar refractivity (Wildman–Crippen MR) is 75.2 cm³/mol. The molecular formula is C13H15BrN4O. The summed E-state index contributed by atoms with van der Waals surface area (Å²) in [4.78, 5) is 12.7. The number of ketones is 1. The second kappa shape index (κ2) is 5.61. The van der Waals surface area contributed by atoms with Gasteiger partial charge >= 0.3 is 0 Å². The van der Waals surface area contributed by atoms with Gasteiger partial charge in [-0.15, -0.1) is 0 Å². The van der Waals surface area contributed by atoms with Crippen molar-refractivity contribution in [3.05, 3.63) is 39.4 Å². The minimum Gasteiger partial charge on any atom is -0.287 e. The molecule has 0 aromatic carbocycles. The third kappa shape index (κ3) is 2.58. The molecule has 0 radical (unpaired) electrons. The van der Waals surface area contributed by atoms with Gasteiger partial charge in [-0.25, -0.2) is 0 Å². The van der Waals surface area contributed by atoms with Crippen molar-refractivity contribution in [2.45, 2.75) is 33.7 Å². The highest BCUT2D eigenvalue weighted by Gasteiger charge is 2.21. The molecule has 0 unspecified atom stereocenters. The fraction of sp³-hybridized carbons (Fsp3) is 0.385. The number of nitrogens with zero attached hydrogens (tertiary/aromatic N) is 4. The Balaban J connectivity index is 2.55. The SMILES string of the molecule is CCc1nnc(C)cc1C(=O)c1c(Br)cnn1CC. The van der Waals surface area contributed by atoms with Crippen LogP contribution in [-0.2, 0) is 13.0 Å². The predicted octanol–water partition coefficient (Wildman–Crippen LogP) is 2.56. The summed E-state index contributed by atoms with van der Waals surface area (Å²) in [5.41, 5.74) is 2.61. The van der Waals surface area contributed by atoms with Crippen molar-refractivity contribution in [2.75, 3.05) is 0 Å². The van der Waals surface area contributed by atoms with Crippen molar-refractivity contribution >= 4 is 21.7 Å². The lowest BCUT2D eigenvalue weighted by Crippen LogP contribution is -2.14. The maximum absolute atomic E-state index is 12.7. The molecule has 0 N–H and O–H groups in total. The first-order chi connectivity index (χ1) is 9.08.